The third-order valence-electron chi connectivity index (χ3n) is 5.29. The van der Waals surface area contributed by atoms with E-state index in [1.165, 1.54) is 24.5 Å². The zero-order valence-corrected chi connectivity index (χ0v) is 18.9. The molecule has 10 nitrogen and oxygen atoms in total. The Kier molecular flexibility index (Phi) is 6.82. The number of ether oxygens (including phenoxy) is 1. The van der Waals surface area contributed by atoms with Crippen molar-refractivity contribution in [2.45, 2.75) is 23.8 Å². The van der Waals surface area contributed by atoms with E-state index in [2.05, 4.69) is 20.0 Å². The minimum atomic E-state index is -3.79. The van der Waals surface area contributed by atoms with Crippen LogP contribution < -0.4 is 10.0 Å². The van der Waals surface area contributed by atoms with Crippen molar-refractivity contribution in [3.8, 4) is 0 Å². The molecule has 1 atom stereocenters. The van der Waals surface area contributed by atoms with E-state index >= 15 is 0 Å². The molecule has 2 fully saturated rings. The van der Waals surface area contributed by atoms with Crippen molar-refractivity contribution in [2.75, 3.05) is 42.8 Å². The van der Waals surface area contributed by atoms with Crippen LogP contribution in [0, 0.1) is 0 Å². The van der Waals surface area contributed by atoms with E-state index in [-0.39, 0.29) is 22.9 Å². The summed E-state index contributed by atoms with van der Waals surface area (Å²) < 4.78 is 32.8. The maximum absolute atomic E-state index is 12.5. The van der Waals surface area contributed by atoms with Gasteiger partial charge in [0.15, 0.2) is 5.11 Å². The van der Waals surface area contributed by atoms with Gasteiger partial charge in [0.1, 0.15) is 6.10 Å². The summed E-state index contributed by atoms with van der Waals surface area (Å²) in [4.78, 5) is 24.1. The molecule has 2 aliphatic heterocycles. The molecule has 32 heavy (non-hydrogen) atoms. The summed E-state index contributed by atoms with van der Waals surface area (Å²) in [5.41, 5.74) is 0.669. The highest BCUT2D eigenvalue weighted by atomic mass is 32.2. The Morgan fingerprint density at radius 2 is 1.72 bits per heavy atom. The molecule has 0 bridgehead atoms. The third-order valence-corrected chi connectivity index (χ3v) is 7.00. The number of hydrogen-bond donors (Lipinski definition) is 2. The fourth-order valence-corrected chi connectivity index (χ4v) is 4.82. The van der Waals surface area contributed by atoms with E-state index in [0.717, 1.165) is 12.8 Å². The van der Waals surface area contributed by atoms with E-state index in [4.69, 9.17) is 17.0 Å². The molecule has 0 aliphatic carbocycles. The van der Waals surface area contributed by atoms with Crippen LogP contribution in [0.1, 0.15) is 12.8 Å². The van der Waals surface area contributed by atoms with Crippen molar-refractivity contribution in [1.29, 1.82) is 0 Å². The highest BCUT2D eigenvalue weighted by molar-refractivity contribution is 7.92. The highest BCUT2D eigenvalue weighted by Crippen LogP contribution is 2.18. The molecule has 3 heterocycles. The zero-order chi connectivity index (χ0) is 22.6. The highest BCUT2D eigenvalue weighted by Gasteiger charge is 2.30. The summed E-state index contributed by atoms with van der Waals surface area (Å²) in [6.07, 6.45) is 4.33. The van der Waals surface area contributed by atoms with Crippen LogP contribution in [0.2, 0.25) is 0 Å². The largest absolute Gasteiger partial charge is 0.368 e. The number of benzene rings is 1. The van der Waals surface area contributed by atoms with Crippen molar-refractivity contribution < 1.29 is 17.9 Å². The molecule has 0 spiro atoms. The average molecular weight is 477 g/mol. The number of amides is 1. The summed E-state index contributed by atoms with van der Waals surface area (Å²) in [6, 6.07) is 7.85. The molecule has 1 aromatic carbocycles. The third kappa shape index (κ3) is 5.31. The molecule has 170 valence electrons. The first-order valence-electron chi connectivity index (χ1n) is 10.3. The lowest BCUT2D eigenvalue weighted by atomic mass is 10.2. The smallest absolute Gasteiger partial charge is 0.264 e. The number of sulfonamides is 1. The van der Waals surface area contributed by atoms with Crippen molar-refractivity contribution >= 4 is 44.9 Å². The maximum Gasteiger partial charge on any atom is 0.264 e. The van der Waals surface area contributed by atoms with Crippen molar-refractivity contribution in [2.24, 2.45) is 0 Å². The van der Waals surface area contributed by atoms with Gasteiger partial charge in [0, 0.05) is 50.9 Å². The summed E-state index contributed by atoms with van der Waals surface area (Å²) in [5, 5.41) is 3.66. The Morgan fingerprint density at radius 3 is 2.34 bits per heavy atom. The Morgan fingerprint density at radius 1 is 1.06 bits per heavy atom. The van der Waals surface area contributed by atoms with Crippen LogP contribution in [-0.4, -0.2) is 78.1 Å². The van der Waals surface area contributed by atoms with Crippen LogP contribution in [-0.2, 0) is 19.6 Å². The van der Waals surface area contributed by atoms with Gasteiger partial charge in [-0.15, -0.1) is 0 Å². The number of carbonyl (C=O) groups is 1. The topological polar surface area (TPSA) is 117 Å². The molecule has 4 rings (SSSR count). The number of nitrogens with zero attached hydrogens (tertiary/aromatic N) is 4. The number of carbonyl (C=O) groups excluding carboxylic acids is 1. The van der Waals surface area contributed by atoms with E-state index < -0.39 is 10.0 Å². The lowest BCUT2D eigenvalue weighted by Gasteiger charge is -2.37. The number of rotatable bonds is 5. The van der Waals surface area contributed by atoms with Crippen molar-refractivity contribution in [1.82, 2.24) is 19.8 Å². The monoisotopic (exact) mass is 476 g/mol. The summed E-state index contributed by atoms with van der Waals surface area (Å²) in [6.45, 7) is 3.08. The summed E-state index contributed by atoms with van der Waals surface area (Å²) in [5.74, 6) is 0.0698. The van der Waals surface area contributed by atoms with Crippen LogP contribution in [0.3, 0.4) is 0 Å². The Labute approximate surface area is 192 Å². The summed E-state index contributed by atoms with van der Waals surface area (Å²) >= 11 is 5.50. The standard InChI is InChI=1S/C20H24N6O4S2/c27-18(17-3-1-14-30-17)25-10-12-26(13-11-25)20(31)23-15-4-6-16(7-5-15)32(28,29)24-19-21-8-2-9-22-19/h2,4-9,17H,1,3,10-14H2,(H,23,31)(H,21,22,24). The average Bonchev–Trinajstić information content (AvgIpc) is 3.34. The van der Waals surface area contributed by atoms with Crippen molar-refractivity contribution in [3.05, 3.63) is 42.7 Å². The summed E-state index contributed by atoms with van der Waals surface area (Å²) in [7, 11) is -3.79. The van der Waals surface area contributed by atoms with Crippen LogP contribution in [0.15, 0.2) is 47.6 Å². The Balaban J connectivity index is 1.30. The lowest BCUT2D eigenvalue weighted by Crippen LogP contribution is -2.53. The SMILES string of the molecule is O=C(C1CCCO1)N1CCN(C(=S)Nc2ccc(S(=O)(=O)Nc3ncccn3)cc2)CC1. The first kappa shape index (κ1) is 22.4. The molecule has 0 saturated carbocycles. The Bertz CT molecular complexity index is 1050. The second-order valence-corrected chi connectivity index (χ2v) is 9.52. The molecule has 2 saturated heterocycles. The first-order chi connectivity index (χ1) is 15.4. The second-order valence-electron chi connectivity index (χ2n) is 7.45. The normalized spacial score (nSPS) is 18.9. The van der Waals surface area contributed by atoms with Gasteiger partial charge in [-0.25, -0.2) is 23.1 Å². The predicted molar refractivity (Wildman–Crippen MR) is 123 cm³/mol. The van der Waals surface area contributed by atoms with Crippen LogP contribution in [0.25, 0.3) is 0 Å². The number of anilines is 2. The van der Waals surface area contributed by atoms with E-state index in [0.29, 0.717) is 43.6 Å². The molecule has 2 N–H and O–H groups in total. The molecule has 1 unspecified atom stereocenters. The maximum atomic E-state index is 12.5. The first-order valence-corrected chi connectivity index (χ1v) is 12.2. The Hall–Kier alpha value is -2.83. The second kappa shape index (κ2) is 9.76. The lowest BCUT2D eigenvalue weighted by molar-refractivity contribution is -0.142. The molecule has 1 aromatic heterocycles. The van der Waals surface area contributed by atoms with Gasteiger partial charge in [-0.05, 0) is 55.4 Å². The van der Waals surface area contributed by atoms with Crippen LogP contribution >= 0.6 is 12.2 Å². The van der Waals surface area contributed by atoms with E-state index in [9.17, 15) is 13.2 Å². The minimum Gasteiger partial charge on any atom is -0.368 e. The zero-order valence-electron chi connectivity index (χ0n) is 17.3. The number of hydrogen-bond acceptors (Lipinski definition) is 7. The van der Waals surface area contributed by atoms with Gasteiger partial charge in [0.05, 0.1) is 4.90 Å². The predicted octanol–water partition coefficient (Wildman–Crippen LogP) is 1.30. The molecule has 0 radical (unpaired) electrons. The number of piperazine rings is 1. The molecule has 1 amide bonds. The molecule has 2 aliphatic rings. The molecular formula is C20H24N6O4S2. The van der Waals surface area contributed by atoms with Gasteiger partial charge in [-0.2, -0.15) is 0 Å². The van der Waals surface area contributed by atoms with Crippen molar-refractivity contribution in [3.63, 3.8) is 0 Å². The van der Waals surface area contributed by atoms with Gasteiger partial charge in [0.25, 0.3) is 15.9 Å². The quantitative estimate of drug-likeness (QED) is 0.616. The molecule has 12 heteroatoms. The van der Waals surface area contributed by atoms with Crippen LogP contribution in [0.4, 0.5) is 11.6 Å². The minimum absolute atomic E-state index is 0.00740. The molecular weight excluding hydrogens is 452 g/mol. The number of nitrogens with one attached hydrogen (secondary N) is 2. The van der Waals surface area contributed by atoms with Gasteiger partial charge in [-0.1, -0.05) is 0 Å². The van der Waals surface area contributed by atoms with Gasteiger partial charge >= 0.3 is 0 Å². The fourth-order valence-electron chi connectivity index (χ4n) is 3.56. The number of thiocarbonyl (C=S) groups is 1. The van der Waals surface area contributed by atoms with Crippen LogP contribution in [0.5, 0.6) is 0 Å². The van der Waals surface area contributed by atoms with E-state index in [1.807, 2.05) is 9.80 Å². The van der Waals surface area contributed by atoms with Gasteiger partial charge in [0.2, 0.25) is 5.95 Å². The van der Waals surface area contributed by atoms with Gasteiger partial charge < -0.3 is 19.9 Å². The van der Waals surface area contributed by atoms with Gasteiger partial charge in [-0.3, -0.25) is 4.79 Å². The fraction of sp³-hybridized carbons (Fsp3) is 0.400. The van der Waals surface area contributed by atoms with E-state index in [1.54, 1.807) is 18.2 Å². The number of aromatic nitrogens is 2. The molecule has 2 aromatic rings.